The second-order valence-electron chi connectivity index (χ2n) is 4.46. The zero-order chi connectivity index (χ0) is 11.7. The maximum atomic E-state index is 4.48. The summed E-state index contributed by atoms with van der Waals surface area (Å²) in [5.74, 6) is 1.58. The zero-order valence-corrected chi connectivity index (χ0v) is 9.93. The van der Waals surface area contributed by atoms with Crippen molar-refractivity contribution in [2.75, 3.05) is 7.05 Å². The van der Waals surface area contributed by atoms with Gasteiger partial charge in [0.15, 0.2) is 5.82 Å². The predicted octanol–water partition coefficient (Wildman–Crippen LogP) is 1.86. The summed E-state index contributed by atoms with van der Waals surface area (Å²) in [6.07, 6.45) is 6.31. The summed E-state index contributed by atoms with van der Waals surface area (Å²) in [5.41, 5.74) is 2.62. The molecule has 88 valence electrons. The van der Waals surface area contributed by atoms with Crippen molar-refractivity contribution in [1.29, 1.82) is 0 Å². The predicted molar refractivity (Wildman–Crippen MR) is 66.1 cm³/mol. The molecule has 2 aromatic rings. The number of hydrogen-bond donors (Lipinski definition) is 1. The zero-order valence-electron chi connectivity index (χ0n) is 9.93. The molecular formula is C13H16N4. The minimum atomic E-state index is 0.669. The Kier molecular flexibility index (Phi) is 2.65. The lowest BCUT2D eigenvalue weighted by atomic mass is 10.2. The maximum absolute atomic E-state index is 4.48. The van der Waals surface area contributed by atoms with Crippen LogP contribution in [0.1, 0.15) is 30.0 Å². The first kappa shape index (κ1) is 10.5. The summed E-state index contributed by atoms with van der Waals surface area (Å²) >= 11 is 0. The summed E-state index contributed by atoms with van der Waals surface area (Å²) in [4.78, 5) is 4.37. The topological polar surface area (TPSA) is 42.7 Å². The normalized spacial score (nSPS) is 15.1. The summed E-state index contributed by atoms with van der Waals surface area (Å²) in [7, 11) is 1.97. The van der Waals surface area contributed by atoms with Gasteiger partial charge in [-0.15, -0.1) is 0 Å². The standard InChI is InChI=1S/C13H16N4/c1-14-8-11-9-16-17(13(11)10-5-6-10)12-4-2-3-7-15-12/h2-4,7,9-10,14H,5-6,8H2,1H3. The molecule has 4 nitrogen and oxygen atoms in total. The van der Waals surface area contributed by atoms with Crippen molar-refractivity contribution in [3.05, 3.63) is 41.9 Å². The van der Waals surface area contributed by atoms with E-state index in [1.54, 1.807) is 0 Å². The molecule has 1 N–H and O–H groups in total. The third-order valence-corrected chi connectivity index (χ3v) is 3.08. The number of nitrogens with one attached hydrogen (secondary N) is 1. The van der Waals surface area contributed by atoms with E-state index < -0.39 is 0 Å². The molecule has 1 fully saturated rings. The molecule has 0 spiro atoms. The second-order valence-corrected chi connectivity index (χ2v) is 4.46. The van der Waals surface area contributed by atoms with Crippen LogP contribution in [0, 0.1) is 0 Å². The molecule has 0 saturated heterocycles. The van der Waals surface area contributed by atoms with Crippen LogP contribution in [0.15, 0.2) is 30.6 Å². The maximum Gasteiger partial charge on any atom is 0.153 e. The van der Waals surface area contributed by atoms with Crippen molar-refractivity contribution in [3.8, 4) is 5.82 Å². The summed E-state index contributed by atoms with van der Waals surface area (Å²) < 4.78 is 1.99. The Labute approximate surface area is 101 Å². The summed E-state index contributed by atoms with van der Waals surface area (Å²) in [6, 6.07) is 5.93. The monoisotopic (exact) mass is 228 g/mol. The van der Waals surface area contributed by atoms with Crippen molar-refractivity contribution in [3.63, 3.8) is 0 Å². The van der Waals surface area contributed by atoms with E-state index in [0.717, 1.165) is 12.4 Å². The highest BCUT2D eigenvalue weighted by Crippen LogP contribution is 2.42. The van der Waals surface area contributed by atoms with Gasteiger partial charge in [-0.3, -0.25) is 0 Å². The molecule has 0 aliphatic heterocycles. The van der Waals surface area contributed by atoms with Gasteiger partial charge in [0.05, 0.1) is 11.9 Å². The molecule has 0 aromatic carbocycles. The van der Waals surface area contributed by atoms with Gasteiger partial charge in [-0.2, -0.15) is 5.10 Å². The van der Waals surface area contributed by atoms with E-state index in [1.807, 2.05) is 42.3 Å². The molecule has 3 rings (SSSR count). The van der Waals surface area contributed by atoms with Crippen molar-refractivity contribution in [2.24, 2.45) is 0 Å². The largest absolute Gasteiger partial charge is 0.316 e. The average Bonchev–Trinajstić information content (AvgIpc) is 3.12. The molecule has 0 amide bonds. The fourth-order valence-electron chi connectivity index (χ4n) is 2.17. The molecule has 2 heterocycles. The van der Waals surface area contributed by atoms with E-state index in [4.69, 9.17) is 0 Å². The Bertz CT molecular complexity index is 499. The van der Waals surface area contributed by atoms with Crippen molar-refractivity contribution >= 4 is 0 Å². The van der Waals surface area contributed by atoms with Crippen LogP contribution >= 0.6 is 0 Å². The highest BCUT2D eigenvalue weighted by molar-refractivity contribution is 5.33. The van der Waals surface area contributed by atoms with Crippen LogP contribution in [0.4, 0.5) is 0 Å². The minimum Gasteiger partial charge on any atom is -0.316 e. The Hall–Kier alpha value is -1.68. The first-order chi connectivity index (χ1) is 8.40. The van der Waals surface area contributed by atoms with Crippen LogP contribution in [0.3, 0.4) is 0 Å². The van der Waals surface area contributed by atoms with Crippen LogP contribution in [-0.4, -0.2) is 21.8 Å². The first-order valence-electron chi connectivity index (χ1n) is 6.03. The van der Waals surface area contributed by atoms with E-state index in [0.29, 0.717) is 5.92 Å². The molecule has 0 bridgehead atoms. The van der Waals surface area contributed by atoms with E-state index in [2.05, 4.69) is 15.4 Å². The van der Waals surface area contributed by atoms with Gasteiger partial charge in [-0.1, -0.05) is 6.07 Å². The van der Waals surface area contributed by atoms with Crippen molar-refractivity contribution in [2.45, 2.75) is 25.3 Å². The summed E-state index contributed by atoms with van der Waals surface area (Å²) in [6.45, 7) is 0.874. The molecule has 0 radical (unpaired) electrons. The lowest BCUT2D eigenvalue weighted by Crippen LogP contribution is -2.09. The molecule has 2 aromatic heterocycles. The average molecular weight is 228 g/mol. The lowest BCUT2D eigenvalue weighted by Gasteiger charge is -2.07. The van der Waals surface area contributed by atoms with Gasteiger partial charge in [-0.25, -0.2) is 9.67 Å². The first-order valence-corrected chi connectivity index (χ1v) is 6.03. The Balaban J connectivity index is 2.04. The molecule has 0 atom stereocenters. The Morgan fingerprint density at radius 1 is 1.41 bits per heavy atom. The molecule has 1 saturated carbocycles. The third-order valence-electron chi connectivity index (χ3n) is 3.08. The van der Waals surface area contributed by atoms with E-state index in [-0.39, 0.29) is 0 Å². The second kappa shape index (κ2) is 4.30. The Morgan fingerprint density at radius 3 is 2.94 bits per heavy atom. The summed E-state index contributed by atoms with van der Waals surface area (Å²) in [5, 5.41) is 7.68. The molecular weight excluding hydrogens is 212 g/mol. The van der Waals surface area contributed by atoms with E-state index in [1.165, 1.54) is 24.1 Å². The molecule has 1 aliphatic rings. The molecule has 4 heteroatoms. The van der Waals surface area contributed by atoms with Gasteiger partial charge in [0.1, 0.15) is 0 Å². The number of pyridine rings is 1. The lowest BCUT2D eigenvalue weighted by molar-refractivity contribution is 0.762. The van der Waals surface area contributed by atoms with Crippen LogP contribution in [0.2, 0.25) is 0 Å². The Morgan fingerprint density at radius 2 is 2.29 bits per heavy atom. The van der Waals surface area contributed by atoms with Crippen LogP contribution in [0.5, 0.6) is 0 Å². The van der Waals surface area contributed by atoms with Gasteiger partial charge >= 0.3 is 0 Å². The van der Waals surface area contributed by atoms with Gasteiger partial charge in [0, 0.05) is 24.2 Å². The minimum absolute atomic E-state index is 0.669. The number of hydrogen-bond acceptors (Lipinski definition) is 3. The number of aromatic nitrogens is 3. The van der Waals surface area contributed by atoms with Gasteiger partial charge in [-0.05, 0) is 32.0 Å². The van der Waals surface area contributed by atoms with Gasteiger partial charge < -0.3 is 5.32 Å². The van der Waals surface area contributed by atoms with Crippen molar-refractivity contribution in [1.82, 2.24) is 20.1 Å². The quantitative estimate of drug-likeness (QED) is 0.868. The number of nitrogens with zero attached hydrogens (tertiary/aromatic N) is 3. The van der Waals surface area contributed by atoms with E-state index in [9.17, 15) is 0 Å². The van der Waals surface area contributed by atoms with E-state index >= 15 is 0 Å². The fraction of sp³-hybridized carbons (Fsp3) is 0.385. The van der Waals surface area contributed by atoms with Crippen LogP contribution < -0.4 is 5.32 Å². The smallest absolute Gasteiger partial charge is 0.153 e. The van der Waals surface area contributed by atoms with Gasteiger partial charge in [0.2, 0.25) is 0 Å². The van der Waals surface area contributed by atoms with Crippen molar-refractivity contribution < 1.29 is 0 Å². The SMILES string of the molecule is CNCc1cnn(-c2ccccn2)c1C1CC1. The molecule has 1 aliphatic carbocycles. The number of rotatable bonds is 4. The van der Waals surface area contributed by atoms with Crippen LogP contribution in [-0.2, 0) is 6.54 Å². The fourth-order valence-corrected chi connectivity index (χ4v) is 2.17. The molecule has 0 unspecified atom stereocenters. The highest BCUT2D eigenvalue weighted by atomic mass is 15.3. The third kappa shape index (κ3) is 1.96. The van der Waals surface area contributed by atoms with Crippen LogP contribution in [0.25, 0.3) is 5.82 Å². The highest BCUT2D eigenvalue weighted by Gasteiger charge is 2.30. The van der Waals surface area contributed by atoms with Gasteiger partial charge in [0.25, 0.3) is 0 Å². The molecule has 17 heavy (non-hydrogen) atoms.